The Morgan fingerprint density at radius 3 is 2.60 bits per heavy atom. The fourth-order valence-corrected chi connectivity index (χ4v) is 1.46. The maximum atomic E-state index is 10.7. The Hall–Kier alpha value is -1.55. The van der Waals surface area contributed by atoms with Gasteiger partial charge in [0, 0.05) is 5.56 Å². The summed E-state index contributed by atoms with van der Waals surface area (Å²) in [6, 6.07) is 2.30. The third-order valence-electron chi connectivity index (χ3n) is 2.40. The molecule has 1 rings (SSSR count). The molecule has 0 aliphatic heterocycles. The molecular formula is C11H15NO3. The average molecular weight is 209 g/mol. The third-order valence-corrected chi connectivity index (χ3v) is 2.40. The van der Waals surface area contributed by atoms with Gasteiger partial charge in [-0.1, -0.05) is 13.0 Å². The number of nitrogens with two attached hydrogens (primary N) is 1. The highest BCUT2D eigenvalue weighted by Gasteiger charge is 2.19. The molecule has 0 aromatic heterocycles. The van der Waals surface area contributed by atoms with Crippen molar-refractivity contribution in [2.75, 3.05) is 0 Å². The van der Waals surface area contributed by atoms with Gasteiger partial charge in [0.15, 0.2) is 0 Å². The minimum atomic E-state index is -1.17. The van der Waals surface area contributed by atoms with Crippen LogP contribution in [0, 0.1) is 6.92 Å². The first-order chi connectivity index (χ1) is 6.97. The van der Waals surface area contributed by atoms with Crippen LogP contribution >= 0.6 is 0 Å². The zero-order valence-corrected chi connectivity index (χ0v) is 8.82. The van der Waals surface area contributed by atoms with Gasteiger partial charge in [-0.3, -0.25) is 4.79 Å². The molecule has 4 nitrogen and oxygen atoms in total. The van der Waals surface area contributed by atoms with E-state index in [1.54, 1.807) is 13.0 Å². The van der Waals surface area contributed by atoms with Crippen molar-refractivity contribution in [3.8, 4) is 5.75 Å². The highest BCUT2D eigenvalue weighted by atomic mass is 16.4. The fraction of sp³-hybridized carbons (Fsp3) is 0.364. The van der Waals surface area contributed by atoms with Crippen molar-refractivity contribution in [3.63, 3.8) is 0 Å². The number of benzene rings is 1. The zero-order chi connectivity index (χ0) is 11.6. The lowest BCUT2D eigenvalue weighted by molar-refractivity contribution is -0.138. The second kappa shape index (κ2) is 4.31. The summed E-state index contributed by atoms with van der Waals surface area (Å²) in [7, 11) is 0. The number of carbonyl (C=O) groups is 1. The Kier molecular flexibility index (Phi) is 3.31. The Morgan fingerprint density at radius 1 is 1.53 bits per heavy atom. The SMILES string of the molecule is CCc1cc(C)c(O)c(C(N)C(=O)O)c1. The molecule has 1 aromatic rings. The second-order valence-electron chi connectivity index (χ2n) is 3.52. The van der Waals surface area contributed by atoms with Gasteiger partial charge in [0.2, 0.25) is 0 Å². The van der Waals surface area contributed by atoms with E-state index in [0.29, 0.717) is 5.56 Å². The second-order valence-corrected chi connectivity index (χ2v) is 3.52. The number of rotatable bonds is 3. The standard InChI is InChI=1S/C11H15NO3/c1-3-7-4-6(2)10(13)8(5-7)9(12)11(14)15/h4-5,9,13H,3,12H2,1-2H3,(H,14,15). The van der Waals surface area contributed by atoms with Crippen LogP contribution in [0.1, 0.15) is 29.7 Å². The van der Waals surface area contributed by atoms with Crippen LogP contribution in [0.4, 0.5) is 0 Å². The lowest BCUT2D eigenvalue weighted by atomic mass is 9.98. The quantitative estimate of drug-likeness (QED) is 0.701. The molecule has 82 valence electrons. The molecule has 15 heavy (non-hydrogen) atoms. The van der Waals surface area contributed by atoms with Gasteiger partial charge < -0.3 is 15.9 Å². The van der Waals surface area contributed by atoms with Crippen molar-refractivity contribution in [3.05, 3.63) is 28.8 Å². The normalized spacial score (nSPS) is 12.5. The molecule has 0 saturated heterocycles. The molecular weight excluding hydrogens is 194 g/mol. The van der Waals surface area contributed by atoms with E-state index in [2.05, 4.69) is 0 Å². The van der Waals surface area contributed by atoms with E-state index in [4.69, 9.17) is 10.8 Å². The summed E-state index contributed by atoms with van der Waals surface area (Å²) >= 11 is 0. The van der Waals surface area contributed by atoms with E-state index >= 15 is 0 Å². The zero-order valence-electron chi connectivity index (χ0n) is 8.82. The first kappa shape index (κ1) is 11.5. The van der Waals surface area contributed by atoms with Crippen LogP contribution in [0.25, 0.3) is 0 Å². The molecule has 1 aromatic carbocycles. The number of phenolic OH excluding ortho intramolecular Hbond substituents is 1. The summed E-state index contributed by atoms with van der Waals surface area (Å²) in [6.07, 6.45) is 0.778. The van der Waals surface area contributed by atoms with Crippen molar-refractivity contribution in [1.29, 1.82) is 0 Å². The Labute approximate surface area is 88.3 Å². The minimum absolute atomic E-state index is 0.0258. The number of aryl methyl sites for hydroxylation is 2. The molecule has 0 aliphatic rings. The molecule has 0 fully saturated rings. The van der Waals surface area contributed by atoms with Crippen molar-refractivity contribution in [2.45, 2.75) is 26.3 Å². The van der Waals surface area contributed by atoms with E-state index in [9.17, 15) is 9.90 Å². The van der Waals surface area contributed by atoms with Gasteiger partial charge in [-0.05, 0) is 30.5 Å². The summed E-state index contributed by atoms with van der Waals surface area (Å²) < 4.78 is 0. The van der Waals surface area contributed by atoms with Crippen molar-refractivity contribution < 1.29 is 15.0 Å². The number of aliphatic carboxylic acids is 1. The molecule has 4 N–H and O–H groups in total. The van der Waals surface area contributed by atoms with Gasteiger partial charge in [-0.2, -0.15) is 0 Å². The maximum absolute atomic E-state index is 10.7. The van der Waals surface area contributed by atoms with Gasteiger partial charge in [0.1, 0.15) is 11.8 Å². The Bertz CT molecular complexity index is 388. The topological polar surface area (TPSA) is 83.5 Å². The highest BCUT2D eigenvalue weighted by Crippen LogP contribution is 2.28. The number of aromatic hydroxyl groups is 1. The Balaban J connectivity index is 3.27. The van der Waals surface area contributed by atoms with Crippen molar-refractivity contribution >= 4 is 5.97 Å². The maximum Gasteiger partial charge on any atom is 0.325 e. The first-order valence-electron chi connectivity index (χ1n) is 4.78. The average Bonchev–Trinajstić information content (AvgIpc) is 2.20. The molecule has 4 heteroatoms. The lowest BCUT2D eigenvalue weighted by Crippen LogP contribution is -2.21. The van der Waals surface area contributed by atoms with Crippen LogP contribution in [-0.2, 0) is 11.2 Å². The van der Waals surface area contributed by atoms with Crippen LogP contribution in [0.3, 0.4) is 0 Å². The molecule has 1 unspecified atom stereocenters. The van der Waals surface area contributed by atoms with Crippen LogP contribution in [-0.4, -0.2) is 16.2 Å². The molecule has 0 bridgehead atoms. The van der Waals surface area contributed by atoms with Crippen molar-refractivity contribution in [2.24, 2.45) is 5.73 Å². The van der Waals surface area contributed by atoms with Gasteiger partial charge in [0.05, 0.1) is 0 Å². The highest BCUT2D eigenvalue weighted by molar-refractivity contribution is 5.76. The largest absolute Gasteiger partial charge is 0.507 e. The fourth-order valence-electron chi connectivity index (χ4n) is 1.46. The van der Waals surface area contributed by atoms with E-state index in [1.165, 1.54) is 0 Å². The monoisotopic (exact) mass is 209 g/mol. The number of hydrogen-bond acceptors (Lipinski definition) is 3. The predicted octanol–water partition coefficient (Wildman–Crippen LogP) is 1.35. The molecule has 1 atom stereocenters. The van der Waals surface area contributed by atoms with Crippen LogP contribution in [0.2, 0.25) is 0 Å². The van der Waals surface area contributed by atoms with Gasteiger partial charge in [0.25, 0.3) is 0 Å². The number of phenols is 1. The van der Waals surface area contributed by atoms with Crippen LogP contribution < -0.4 is 5.73 Å². The van der Waals surface area contributed by atoms with Crippen LogP contribution in [0.15, 0.2) is 12.1 Å². The van der Waals surface area contributed by atoms with Crippen LogP contribution in [0.5, 0.6) is 5.75 Å². The van der Waals surface area contributed by atoms with Crippen molar-refractivity contribution in [1.82, 2.24) is 0 Å². The van der Waals surface area contributed by atoms with E-state index in [0.717, 1.165) is 12.0 Å². The molecule has 0 saturated carbocycles. The minimum Gasteiger partial charge on any atom is -0.507 e. The molecule has 0 spiro atoms. The van der Waals surface area contributed by atoms with E-state index in [1.807, 2.05) is 13.0 Å². The molecule has 0 heterocycles. The summed E-state index contributed by atoms with van der Waals surface area (Å²) in [5.41, 5.74) is 7.37. The first-order valence-corrected chi connectivity index (χ1v) is 4.78. The molecule has 0 amide bonds. The summed E-state index contributed by atoms with van der Waals surface area (Å²) in [5.74, 6) is -1.17. The van der Waals surface area contributed by atoms with Gasteiger partial charge >= 0.3 is 5.97 Å². The van der Waals surface area contributed by atoms with Gasteiger partial charge in [-0.15, -0.1) is 0 Å². The number of carboxylic acids is 1. The van der Waals surface area contributed by atoms with Gasteiger partial charge in [-0.25, -0.2) is 0 Å². The summed E-state index contributed by atoms with van der Waals surface area (Å²) in [6.45, 7) is 3.69. The summed E-state index contributed by atoms with van der Waals surface area (Å²) in [4.78, 5) is 10.7. The lowest BCUT2D eigenvalue weighted by Gasteiger charge is -2.13. The summed E-state index contributed by atoms with van der Waals surface area (Å²) in [5, 5.41) is 18.5. The number of hydrogen-bond donors (Lipinski definition) is 3. The number of carboxylic acid groups (broad SMARTS) is 1. The van der Waals surface area contributed by atoms with E-state index in [-0.39, 0.29) is 11.3 Å². The Morgan fingerprint density at radius 2 is 2.13 bits per heavy atom. The van der Waals surface area contributed by atoms with E-state index < -0.39 is 12.0 Å². The molecule has 0 radical (unpaired) electrons. The third kappa shape index (κ3) is 2.27. The molecule has 0 aliphatic carbocycles. The smallest absolute Gasteiger partial charge is 0.325 e. The predicted molar refractivity (Wildman–Crippen MR) is 56.8 cm³/mol.